The first kappa shape index (κ1) is 14.2. The summed E-state index contributed by atoms with van der Waals surface area (Å²) in [4.78, 5) is 14.4. The summed E-state index contributed by atoms with van der Waals surface area (Å²) in [5, 5.41) is 7.91. The van der Waals surface area contributed by atoms with Gasteiger partial charge in [-0.2, -0.15) is 16.9 Å². The lowest BCUT2D eigenvalue weighted by Gasteiger charge is -2.34. The SMILES string of the molecule is CC1CN(C(=O)c2n[nH]c(C(C)C)c2N)CC(C)S1. The predicted molar refractivity (Wildman–Crippen MR) is 79.5 cm³/mol. The number of hydrogen-bond donors (Lipinski definition) is 2. The molecule has 19 heavy (non-hydrogen) atoms. The van der Waals surface area contributed by atoms with Crippen molar-refractivity contribution in [2.24, 2.45) is 0 Å². The van der Waals surface area contributed by atoms with Gasteiger partial charge in [0, 0.05) is 23.6 Å². The van der Waals surface area contributed by atoms with Gasteiger partial charge in [-0.25, -0.2) is 0 Å². The van der Waals surface area contributed by atoms with Gasteiger partial charge in [0.1, 0.15) is 0 Å². The number of nitrogen functional groups attached to an aromatic ring is 1. The zero-order valence-electron chi connectivity index (χ0n) is 11.9. The second-order valence-electron chi connectivity index (χ2n) is 5.52. The van der Waals surface area contributed by atoms with Crippen LogP contribution in [0.25, 0.3) is 0 Å². The molecule has 0 radical (unpaired) electrons. The van der Waals surface area contributed by atoms with Crippen LogP contribution in [0.15, 0.2) is 0 Å². The average Bonchev–Trinajstić information content (AvgIpc) is 2.69. The van der Waals surface area contributed by atoms with Crippen molar-refractivity contribution < 1.29 is 4.79 Å². The Kier molecular flexibility index (Phi) is 4.08. The number of carbonyl (C=O) groups excluding carboxylic acids is 1. The highest BCUT2D eigenvalue weighted by Gasteiger charge is 2.29. The van der Waals surface area contributed by atoms with E-state index in [4.69, 9.17) is 5.73 Å². The Morgan fingerprint density at radius 2 is 2.00 bits per heavy atom. The Morgan fingerprint density at radius 1 is 1.42 bits per heavy atom. The van der Waals surface area contributed by atoms with Gasteiger partial charge in [0.05, 0.1) is 11.4 Å². The van der Waals surface area contributed by atoms with Crippen LogP contribution in [-0.2, 0) is 0 Å². The molecule has 1 saturated heterocycles. The molecule has 0 saturated carbocycles. The van der Waals surface area contributed by atoms with E-state index in [0.717, 1.165) is 18.8 Å². The van der Waals surface area contributed by atoms with E-state index in [0.29, 0.717) is 21.9 Å². The average molecular weight is 282 g/mol. The fraction of sp³-hybridized carbons (Fsp3) is 0.692. The van der Waals surface area contributed by atoms with E-state index in [1.165, 1.54) is 0 Å². The second kappa shape index (κ2) is 5.45. The molecule has 0 spiro atoms. The van der Waals surface area contributed by atoms with Crippen LogP contribution >= 0.6 is 11.8 Å². The number of nitrogens with two attached hydrogens (primary N) is 1. The number of aromatic nitrogens is 2. The molecule has 1 amide bonds. The number of anilines is 1. The maximum Gasteiger partial charge on any atom is 0.276 e. The third-order valence-corrected chi connectivity index (χ3v) is 4.55. The summed E-state index contributed by atoms with van der Waals surface area (Å²) in [6.45, 7) is 9.87. The number of thioether (sulfide) groups is 1. The van der Waals surface area contributed by atoms with Gasteiger partial charge in [-0.05, 0) is 5.92 Å². The number of aromatic amines is 1. The van der Waals surface area contributed by atoms with E-state index in [1.807, 2.05) is 30.5 Å². The van der Waals surface area contributed by atoms with Gasteiger partial charge in [0.15, 0.2) is 5.69 Å². The summed E-state index contributed by atoms with van der Waals surface area (Å²) < 4.78 is 0. The lowest BCUT2D eigenvalue weighted by molar-refractivity contribution is 0.0748. The van der Waals surface area contributed by atoms with Crippen molar-refractivity contribution in [3.63, 3.8) is 0 Å². The Balaban J connectivity index is 2.20. The molecule has 2 rings (SSSR count). The van der Waals surface area contributed by atoms with Crippen molar-refractivity contribution in [1.82, 2.24) is 15.1 Å². The summed E-state index contributed by atoms with van der Waals surface area (Å²) in [6, 6.07) is 0. The zero-order chi connectivity index (χ0) is 14.2. The number of carbonyl (C=O) groups is 1. The molecule has 1 fully saturated rings. The highest BCUT2D eigenvalue weighted by Crippen LogP contribution is 2.28. The molecule has 1 aliphatic heterocycles. The Bertz CT molecular complexity index is 461. The van der Waals surface area contributed by atoms with Crippen molar-refractivity contribution in [2.45, 2.75) is 44.1 Å². The molecule has 2 heterocycles. The number of amides is 1. The highest BCUT2D eigenvalue weighted by molar-refractivity contribution is 8.00. The van der Waals surface area contributed by atoms with Crippen LogP contribution in [-0.4, -0.2) is 44.6 Å². The minimum absolute atomic E-state index is 0.0559. The van der Waals surface area contributed by atoms with Gasteiger partial charge < -0.3 is 10.6 Å². The molecule has 5 nitrogen and oxygen atoms in total. The lowest BCUT2D eigenvalue weighted by atomic mass is 10.1. The summed E-state index contributed by atoms with van der Waals surface area (Å²) in [6.07, 6.45) is 0. The molecule has 1 aromatic heterocycles. The largest absolute Gasteiger partial charge is 0.395 e. The summed E-state index contributed by atoms with van der Waals surface area (Å²) in [5.74, 6) is 0.184. The van der Waals surface area contributed by atoms with Gasteiger partial charge in [0.25, 0.3) is 5.91 Å². The molecule has 106 valence electrons. The van der Waals surface area contributed by atoms with Crippen LogP contribution in [0, 0.1) is 0 Å². The third-order valence-electron chi connectivity index (χ3n) is 3.32. The maximum absolute atomic E-state index is 12.5. The fourth-order valence-corrected chi connectivity index (χ4v) is 3.79. The van der Waals surface area contributed by atoms with Crippen LogP contribution in [0.5, 0.6) is 0 Å². The van der Waals surface area contributed by atoms with E-state index in [1.54, 1.807) is 0 Å². The Morgan fingerprint density at radius 3 is 2.47 bits per heavy atom. The number of nitrogens with one attached hydrogen (secondary N) is 1. The molecular formula is C13H22N4OS. The molecule has 1 aliphatic rings. The molecule has 3 N–H and O–H groups in total. The summed E-state index contributed by atoms with van der Waals surface area (Å²) >= 11 is 1.92. The van der Waals surface area contributed by atoms with Crippen LogP contribution in [0.4, 0.5) is 5.69 Å². The summed E-state index contributed by atoms with van der Waals surface area (Å²) in [7, 11) is 0. The first-order valence-electron chi connectivity index (χ1n) is 6.68. The van der Waals surface area contributed by atoms with Crippen LogP contribution in [0.3, 0.4) is 0 Å². The molecule has 0 aliphatic carbocycles. The zero-order valence-corrected chi connectivity index (χ0v) is 12.8. The van der Waals surface area contributed by atoms with Crippen molar-refractivity contribution in [1.29, 1.82) is 0 Å². The van der Waals surface area contributed by atoms with Gasteiger partial charge >= 0.3 is 0 Å². The van der Waals surface area contributed by atoms with Crippen molar-refractivity contribution in [3.8, 4) is 0 Å². The van der Waals surface area contributed by atoms with Gasteiger partial charge in [0.2, 0.25) is 0 Å². The summed E-state index contributed by atoms with van der Waals surface area (Å²) in [5.41, 5.74) is 7.75. The van der Waals surface area contributed by atoms with Crippen molar-refractivity contribution in [3.05, 3.63) is 11.4 Å². The van der Waals surface area contributed by atoms with Crippen LogP contribution in [0.2, 0.25) is 0 Å². The predicted octanol–water partition coefficient (Wildman–Crippen LogP) is 2.08. The van der Waals surface area contributed by atoms with E-state index < -0.39 is 0 Å². The Hall–Kier alpha value is -1.17. The normalized spacial score (nSPS) is 23.9. The number of nitrogens with zero attached hydrogens (tertiary/aromatic N) is 2. The van der Waals surface area contributed by atoms with E-state index >= 15 is 0 Å². The molecule has 6 heteroatoms. The number of hydrogen-bond acceptors (Lipinski definition) is 4. The maximum atomic E-state index is 12.5. The third kappa shape index (κ3) is 2.88. The van der Waals surface area contributed by atoms with E-state index in [2.05, 4.69) is 24.0 Å². The minimum Gasteiger partial charge on any atom is -0.395 e. The monoisotopic (exact) mass is 282 g/mol. The molecule has 2 atom stereocenters. The fourth-order valence-electron chi connectivity index (χ4n) is 2.46. The quantitative estimate of drug-likeness (QED) is 0.871. The lowest BCUT2D eigenvalue weighted by Crippen LogP contribution is -2.44. The molecule has 0 aromatic carbocycles. The number of H-pyrrole nitrogens is 1. The van der Waals surface area contributed by atoms with E-state index in [-0.39, 0.29) is 11.8 Å². The van der Waals surface area contributed by atoms with Gasteiger partial charge in [-0.15, -0.1) is 0 Å². The Labute approximate surface area is 118 Å². The van der Waals surface area contributed by atoms with Crippen molar-refractivity contribution in [2.75, 3.05) is 18.8 Å². The van der Waals surface area contributed by atoms with Gasteiger partial charge in [-0.3, -0.25) is 9.89 Å². The first-order chi connectivity index (χ1) is 8.90. The van der Waals surface area contributed by atoms with Gasteiger partial charge in [-0.1, -0.05) is 27.7 Å². The molecule has 0 bridgehead atoms. The topological polar surface area (TPSA) is 75.0 Å². The van der Waals surface area contributed by atoms with Crippen LogP contribution < -0.4 is 5.73 Å². The molecule has 2 unspecified atom stereocenters. The molecular weight excluding hydrogens is 260 g/mol. The smallest absolute Gasteiger partial charge is 0.276 e. The standard InChI is InChI=1S/C13H22N4OS/c1-7(2)11-10(14)12(16-15-11)13(18)17-5-8(3)19-9(4)6-17/h7-9H,5-6,14H2,1-4H3,(H,15,16). The van der Waals surface area contributed by atoms with Crippen molar-refractivity contribution >= 4 is 23.4 Å². The molecule has 1 aromatic rings. The van der Waals surface area contributed by atoms with E-state index in [9.17, 15) is 4.79 Å². The minimum atomic E-state index is -0.0559. The second-order valence-corrected chi connectivity index (χ2v) is 7.40. The number of rotatable bonds is 2. The first-order valence-corrected chi connectivity index (χ1v) is 7.62. The highest BCUT2D eigenvalue weighted by atomic mass is 32.2. The van der Waals surface area contributed by atoms with Crippen LogP contribution in [0.1, 0.15) is 49.8 Å².